The molecule has 2 aliphatic rings. The molecule has 0 saturated carbocycles. The third kappa shape index (κ3) is 1.56. The maximum atomic E-state index is 11.5. The summed E-state index contributed by atoms with van der Waals surface area (Å²) in [7, 11) is 0. The highest BCUT2D eigenvalue weighted by Crippen LogP contribution is 2.47. The summed E-state index contributed by atoms with van der Waals surface area (Å²) in [4.78, 5) is 22.9. The van der Waals surface area contributed by atoms with Crippen LogP contribution < -0.4 is 5.11 Å². The Balaban J connectivity index is 2.51. The fraction of sp³-hybridized carbons (Fsp3) is 0.231. The Hall–Kier alpha value is -2.02. The number of halogens is 1. The van der Waals surface area contributed by atoms with E-state index >= 15 is 0 Å². The van der Waals surface area contributed by atoms with Crippen LogP contribution in [0.1, 0.15) is 43.8 Å². The van der Waals surface area contributed by atoms with Gasteiger partial charge >= 0.3 is 5.97 Å². The van der Waals surface area contributed by atoms with Crippen LogP contribution in [0.25, 0.3) is 4.48 Å². The molecule has 20 heavy (non-hydrogen) atoms. The highest BCUT2D eigenvalue weighted by Gasteiger charge is 2.39. The summed E-state index contributed by atoms with van der Waals surface area (Å²) in [6.07, 6.45) is 3.33. The second-order valence-electron chi connectivity index (χ2n) is 4.72. The predicted octanol–water partition coefficient (Wildman–Crippen LogP) is 1.62. The molecule has 0 saturated heterocycles. The summed E-state index contributed by atoms with van der Waals surface area (Å²) >= 11 is 3.20. The van der Waals surface area contributed by atoms with Crippen molar-refractivity contribution in [1.29, 1.82) is 5.53 Å². The second kappa shape index (κ2) is 4.24. The van der Waals surface area contributed by atoms with Gasteiger partial charge in [-0.05, 0) is 46.3 Å². The Bertz CT molecular complexity index is 737. The quantitative estimate of drug-likeness (QED) is 0.800. The molecule has 2 N–H and O–H groups in total. The van der Waals surface area contributed by atoms with Crippen LogP contribution in [0, 0.1) is 5.53 Å². The first kappa shape index (κ1) is 13.0. The summed E-state index contributed by atoms with van der Waals surface area (Å²) in [6.45, 7) is 0. The molecule has 1 aromatic rings. The van der Waals surface area contributed by atoms with Gasteiger partial charge in [-0.2, -0.15) is 0 Å². The van der Waals surface area contributed by atoms with Gasteiger partial charge in [-0.1, -0.05) is 4.70 Å². The minimum Gasteiger partial charge on any atom is -0.545 e. The number of aromatic carboxylic acids is 2. The number of carboxylic acids is 2. The van der Waals surface area contributed by atoms with Crippen LogP contribution in [0.3, 0.4) is 0 Å². The van der Waals surface area contributed by atoms with Gasteiger partial charge in [0.1, 0.15) is 0 Å². The molecule has 3 rings (SSSR count). The van der Waals surface area contributed by atoms with E-state index in [9.17, 15) is 19.8 Å². The van der Waals surface area contributed by atoms with E-state index in [4.69, 9.17) is 5.53 Å². The Morgan fingerprint density at radius 1 is 1.30 bits per heavy atom. The topological polar surface area (TPSA) is 104 Å². The van der Waals surface area contributed by atoms with Crippen molar-refractivity contribution in [3.8, 4) is 0 Å². The lowest BCUT2D eigenvalue weighted by molar-refractivity contribution is -0.461. The molecule has 0 radical (unpaired) electrons. The Morgan fingerprint density at radius 2 is 1.95 bits per heavy atom. The van der Waals surface area contributed by atoms with Crippen LogP contribution in [0.4, 0.5) is 5.69 Å². The van der Waals surface area contributed by atoms with Gasteiger partial charge in [0, 0.05) is 11.1 Å². The largest absolute Gasteiger partial charge is 0.545 e. The maximum Gasteiger partial charge on any atom is 0.336 e. The van der Waals surface area contributed by atoms with Crippen LogP contribution in [-0.4, -0.2) is 21.7 Å². The average Bonchev–Trinajstić information content (AvgIpc) is 2.92. The van der Waals surface area contributed by atoms with Gasteiger partial charge in [-0.25, -0.2) is 4.79 Å². The zero-order valence-corrected chi connectivity index (χ0v) is 11.8. The number of hydrogen-bond acceptors (Lipinski definition) is 4. The number of carboxylic acid groups (broad SMARTS) is 2. The van der Waals surface area contributed by atoms with E-state index in [0.717, 1.165) is 16.7 Å². The smallest absolute Gasteiger partial charge is 0.336 e. The number of fused-ring (bicyclic) bond motifs is 3. The number of nitrogens with zero attached hydrogens (tertiary/aromatic N) is 1. The standard InChI is InChI=1S/C13H9BrN2O4/c14-7-4-16(15)11-6-3-1-2-5(6)8(12(17)18)10(9(7)11)13(19)20/h4,15H,1-3H2,(H-,17,18,19,20). The highest BCUT2D eigenvalue weighted by molar-refractivity contribution is 9.15. The van der Waals surface area contributed by atoms with Crippen molar-refractivity contribution in [2.75, 3.05) is 0 Å². The number of nitrogens with one attached hydrogen (secondary N) is 1. The molecule has 0 amide bonds. The molecule has 102 valence electrons. The zero-order valence-electron chi connectivity index (χ0n) is 10.2. The molecule has 0 aromatic heterocycles. The van der Waals surface area contributed by atoms with Crippen LogP contribution >= 0.6 is 15.9 Å². The van der Waals surface area contributed by atoms with Crippen molar-refractivity contribution in [1.82, 2.24) is 0 Å². The fourth-order valence-electron chi connectivity index (χ4n) is 3.01. The van der Waals surface area contributed by atoms with Gasteiger partial charge in [0.05, 0.1) is 21.6 Å². The summed E-state index contributed by atoms with van der Waals surface area (Å²) in [5.41, 5.74) is 9.31. The Kier molecular flexibility index (Phi) is 2.75. The summed E-state index contributed by atoms with van der Waals surface area (Å²) < 4.78 is 1.47. The fourth-order valence-corrected chi connectivity index (χ4v) is 3.60. The first-order valence-electron chi connectivity index (χ1n) is 5.98. The molecule has 1 aliphatic carbocycles. The number of hydrogen-bond donors (Lipinski definition) is 2. The van der Waals surface area contributed by atoms with E-state index in [1.807, 2.05) is 0 Å². The molecule has 0 fully saturated rings. The zero-order chi connectivity index (χ0) is 14.6. The van der Waals surface area contributed by atoms with Crippen molar-refractivity contribution in [2.45, 2.75) is 19.3 Å². The molecule has 0 atom stereocenters. The molecular weight excluding hydrogens is 328 g/mol. The van der Waals surface area contributed by atoms with Crippen LogP contribution in [0.15, 0.2) is 6.20 Å². The minimum atomic E-state index is -1.53. The van der Waals surface area contributed by atoms with Crippen molar-refractivity contribution < 1.29 is 24.5 Å². The van der Waals surface area contributed by atoms with Gasteiger partial charge in [-0.15, -0.1) is 0 Å². The molecular formula is C13H9BrN2O4. The number of carbonyl (C=O) groups excluding carboxylic acids is 1. The molecule has 0 spiro atoms. The SMILES string of the molecule is N=[N+]1C=C(Br)c2c(C(=O)[O-])c(C(=O)O)c3c(c21)CCC3. The van der Waals surface area contributed by atoms with E-state index in [-0.39, 0.29) is 16.7 Å². The lowest BCUT2D eigenvalue weighted by atomic mass is 9.91. The first-order valence-corrected chi connectivity index (χ1v) is 6.77. The van der Waals surface area contributed by atoms with Crippen molar-refractivity contribution in [3.05, 3.63) is 34.0 Å². The molecule has 1 aliphatic heterocycles. The molecule has 0 bridgehead atoms. The van der Waals surface area contributed by atoms with Crippen molar-refractivity contribution in [3.63, 3.8) is 0 Å². The molecule has 7 heteroatoms. The van der Waals surface area contributed by atoms with Crippen LogP contribution in [0.5, 0.6) is 0 Å². The van der Waals surface area contributed by atoms with Gasteiger partial charge < -0.3 is 15.0 Å². The van der Waals surface area contributed by atoms with Gasteiger partial charge in [0.25, 0.3) is 0 Å². The Morgan fingerprint density at radius 3 is 2.55 bits per heavy atom. The van der Waals surface area contributed by atoms with Crippen LogP contribution in [0.2, 0.25) is 0 Å². The van der Waals surface area contributed by atoms with E-state index < -0.39 is 11.9 Å². The number of carbonyl (C=O) groups is 2. The molecule has 1 aromatic carbocycles. The number of rotatable bonds is 2. The third-order valence-corrected chi connectivity index (χ3v) is 4.28. The lowest BCUT2D eigenvalue weighted by Gasteiger charge is -2.15. The first-order chi connectivity index (χ1) is 9.43. The van der Waals surface area contributed by atoms with Crippen molar-refractivity contribution >= 4 is 38.0 Å². The Labute approximate surface area is 122 Å². The number of benzene rings is 1. The third-order valence-electron chi connectivity index (χ3n) is 3.68. The minimum absolute atomic E-state index is 0.197. The van der Waals surface area contributed by atoms with E-state index in [1.165, 1.54) is 6.20 Å². The predicted molar refractivity (Wildman–Crippen MR) is 69.3 cm³/mol. The summed E-state index contributed by atoms with van der Waals surface area (Å²) in [6, 6.07) is 0. The van der Waals surface area contributed by atoms with E-state index in [0.29, 0.717) is 28.6 Å². The lowest BCUT2D eigenvalue weighted by Crippen LogP contribution is -2.27. The van der Waals surface area contributed by atoms with E-state index in [2.05, 4.69) is 15.9 Å². The van der Waals surface area contributed by atoms with Gasteiger partial charge in [0.15, 0.2) is 0 Å². The van der Waals surface area contributed by atoms with Crippen LogP contribution in [-0.2, 0) is 12.8 Å². The molecule has 6 nitrogen and oxygen atoms in total. The summed E-state index contributed by atoms with van der Waals surface area (Å²) in [5.74, 6) is -2.80. The van der Waals surface area contributed by atoms with Gasteiger partial charge in [0.2, 0.25) is 11.9 Å². The van der Waals surface area contributed by atoms with E-state index in [1.54, 1.807) is 0 Å². The summed E-state index contributed by atoms with van der Waals surface area (Å²) in [5, 5.41) is 20.8. The monoisotopic (exact) mass is 336 g/mol. The normalized spacial score (nSPS) is 15.8. The average molecular weight is 337 g/mol. The molecule has 1 heterocycles. The maximum absolute atomic E-state index is 11.5. The van der Waals surface area contributed by atoms with Gasteiger partial charge in [-0.3, -0.25) is 0 Å². The second-order valence-corrected chi connectivity index (χ2v) is 5.58. The molecule has 0 unspecified atom stereocenters. The van der Waals surface area contributed by atoms with Crippen molar-refractivity contribution in [2.24, 2.45) is 0 Å². The highest BCUT2D eigenvalue weighted by atomic mass is 79.9.